The molecule has 0 radical (unpaired) electrons. The number of anilines is 2. The summed E-state index contributed by atoms with van der Waals surface area (Å²) in [7, 11) is -3.84. The Hall–Kier alpha value is -3.19. The van der Waals surface area contributed by atoms with Crippen LogP contribution < -0.4 is 9.62 Å². The summed E-state index contributed by atoms with van der Waals surface area (Å²) in [6.07, 6.45) is 3.78. The van der Waals surface area contributed by atoms with Crippen molar-refractivity contribution in [3.63, 3.8) is 0 Å². The molecule has 1 N–H and O–H groups in total. The van der Waals surface area contributed by atoms with Crippen LogP contribution in [0.4, 0.5) is 15.8 Å². The summed E-state index contributed by atoms with van der Waals surface area (Å²) in [5.41, 5.74) is 3.76. The molecule has 0 fully saturated rings. The molecule has 172 valence electrons. The van der Waals surface area contributed by atoms with Crippen LogP contribution in [-0.2, 0) is 22.9 Å². The zero-order valence-corrected chi connectivity index (χ0v) is 19.5. The van der Waals surface area contributed by atoms with Crippen molar-refractivity contribution >= 4 is 27.3 Å². The second-order valence-corrected chi connectivity index (χ2v) is 10.2. The van der Waals surface area contributed by atoms with Crippen molar-refractivity contribution in [1.82, 2.24) is 0 Å². The molecule has 1 aliphatic heterocycles. The Balaban J connectivity index is 1.53. The molecular weight excluding hydrogens is 439 g/mol. The third-order valence-corrected chi connectivity index (χ3v) is 7.84. The van der Waals surface area contributed by atoms with Gasteiger partial charge in [-0.1, -0.05) is 25.5 Å². The van der Waals surface area contributed by atoms with Gasteiger partial charge in [0.25, 0.3) is 15.9 Å². The van der Waals surface area contributed by atoms with E-state index in [4.69, 9.17) is 0 Å². The smallest absolute Gasteiger partial charge is 0.264 e. The van der Waals surface area contributed by atoms with Gasteiger partial charge in [0.15, 0.2) is 0 Å². The van der Waals surface area contributed by atoms with Gasteiger partial charge in [-0.3, -0.25) is 9.10 Å². The van der Waals surface area contributed by atoms with Crippen molar-refractivity contribution in [2.45, 2.75) is 50.5 Å². The molecule has 0 saturated carbocycles. The van der Waals surface area contributed by atoms with Gasteiger partial charge >= 0.3 is 0 Å². The molecule has 0 unspecified atom stereocenters. The van der Waals surface area contributed by atoms with Crippen molar-refractivity contribution in [2.24, 2.45) is 0 Å². The first-order valence-corrected chi connectivity index (χ1v) is 12.6. The standard InChI is InChI=1S/C26H27FN2O3S/c1-3-4-5-19-6-11-23(12-7-19)28-26(30)20-8-15-25-21(17-20)16-18(2)29(25)33(31,32)24-13-9-22(27)10-14-24/h6-15,17-18H,3-5,16H2,1-2H3,(H,28,30)/t18-/m0/s1. The number of hydrogen-bond acceptors (Lipinski definition) is 3. The van der Waals surface area contributed by atoms with Crippen LogP contribution in [0.3, 0.4) is 0 Å². The number of carbonyl (C=O) groups is 1. The highest BCUT2D eigenvalue weighted by Gasteiger charge is 2.36. The number of carbonyl (C=O) groups excluding carboxylic acids is 1. The summed E-state index contributed by atoms with van der Waals surface area (Å²) in [5.74, 6) is -0.735. The first kappa shape index (κ1) is 23.0. The van der Waals surface area contributed by atoms with Gasteiger partial charge in [-0.25, -0.2) is 12.8 Å². The Labute approximate surface area is 194 Å². The maximum atomic E-state index is 13.3. The molecule has 3 aromatic rings. The maximum Gasteiger partial charge on any atom is 0.264 e. The van der Waals surface area contributed by atoms with E-state index >= 15 is 0 Å². The lowest BCUT2D eigenvalue weighted by Crippen LogP contribution is -2.35. The number of hydrogen-bond donors (Lipinski definition) is 1. The Bertz CT molecular complexity index is 1260. The zero-order chi connectivity index (χ0) is 23.6. The quantitative estimate of drug-likeness (QED) is 0.496. The predicted octanol–water partition coefficient (Wildman–Crippen LogP) is 5.56. The van der Waals surface area contributed by atoms with Crippen molar-refractivity contribution in [3.8, 4) is 0 Å². The van der Waals surface area contributed by atoms with E-state index in [2.05, 4.69) is 12.2 Å². The Morgan fingerprint density at radius 3 is 2.42 bits per heavy atom. The molecule has 0 saturated heterocycles. The fourth-order valence-corrected chi connectivity index (χ4v) is 5.86. The lowest BCUT2D eigenvalue weighted by Gasteiger charge is -2.24. The summed E-state index contributed by atoms with van der Waals surface area (Å²) in [6.45, 7) is 3.98. The highest BCUT2D eigenvalue weighted by Crippen LogP contribution is 2.37. The number of nitrogens with zero attached hydrogens (tertiary/aromatic N) is 1. The van der Waals surface area contributed by atoms with Gasteiger partial charge in [0.2, 0.25) is 0 Å². The number of unbranched alkanes of at least 4 members (excludes halogenated alkanes) is 1. The van der Waals surface area contributed by atoms with Crippen LogP contribution in [0.15, 0.2) is 71.6 Å². The number of aryl methyl sites for hydroxylation is 1. The SMILES string of the molecule is CCCCc1ccc(NC(=O)c2ccc3c(c2)C[C@H](C)N3S(=O)(=O)c2ccc(F)cc2)cc1. The van der Waals surface area contributed by atoms with Crippen LogP contribution in [0, 0.1) is 5.82 Å². The Kier molecular flexibility index (Phi) is 6.51. The van der Waals surface area contributed by atoms with Gasteiger partial charge in [0.1, 0.15) is 5.82 Å². The molecule has 1 heterocycles. The molecule has 0 aromatic heterocycles. The third-order valence-electron chi connectivity index (χ3n) is 5.90. The van der Waals surface area contributed by atoms with Crippen LogP contribution in [0.2, 0.25) is 0 Å². The van der Waals surface area contributed by atoms with Gasteiger partial charge in [-0.15, -0.1) is 0 Å². The average molecular weight is 467 g/mol. The minimum atomic E-state index is -3.84. The summed E-state index contributed by atoms with van der Waals surface area (Å²) < 4.78 is 41.0. The highest BCUT2D eigenvalue weighted by atomic mass is 32.2. The van der Waals surface area contributed by atoms with E-state index in [0.29, 0.717) is 17.7 Å². The summed E-state index contributed by atoms with van der Waals surface area (Å²) in [6, 6.07) is 17.4. The van der Waals surface area contributed by atoms with Gasteiger partial charge in [-0.05, 0) is 91.9 Å². The largest absolute Gasteiger partial charge is 0.322 e. The minimum absolute atomic E-state index is 0.0350. The fraction of sp³-hybridized carbons (Fsp3) is 0.269. The van der Waals surface area contributed by atoms with Crippen LogP contribution in [0.1, 0.15) is 48.2 Å². The number of halogens is 1. The molecule has 3 aromatic carbocycles. The van der Waals surface area contributed by atoms with E-state index in [1.165, 1.54) is 22.0 Å². The summed E-state index contributed by atoms with van der Waals surface area (Å²) in [4.78, 5) is 12.8. The van der Waals surface area contributed by atoms with E-state index in [0.717, 1.165) is 42.6 Å². The molecule has 5 nitrogen and oxygen atoms in total. The van der Waals surface area contributed by atoms with Crippen LogP contribution >= 0.6 is 0 Å². The number of nitrogens with one attached hydrogen (secondary N) is 1. The fourth-order valence-electron chi connectivity index (χ4n) is 4.17. The zero-order valence-electron chi connectivity index (χ0n) is 18.7. The second-order valence-electron chi connectivity index (χ2n) is 8.41. The normalized spacial score (nSPS) is 15.4. The van der Waals surface area contributed by atoms with E-state index in [-0.39, 0.29) is 16.8 Å². The monoisotopic (exact) mass is 466 g/mol. The number of fused-ring (bicyclic) bond motifs is 1. The minimum Gasteiger partial charge on any atom is -0.322 e. The average Bonchev–Trinajstić information content (AvgIpc) is 3.14. The van der Waals surface area contributed by atoms with Crippen LogP contribution in [0.25, 0.3) is 0 Å². The molecular formula is C26H27FN2O3S. The van der Waals surface area contributed by atoms with E-state index in [1.54, 1.807) is 18.2 Å². The number of amides is 1. The second kappa shape index (κ2) is 9.35. The molecule has 1 aliphatic rings. The number of rotatable bonds is 7. The third kappa shape index (κ3) is 4.78. The van der Waals surface area contributed by atoms with E-state index in [1.807, 2.05) is 31.2 Å². The van der Waals surface area contributed by atoms with Crippen molar-refractivity contribution < 1.29 is 17.6 Å². The van der Waals surface area contributed by atoms with Gasteiger partial charge < -0.3 is 5.32 Å². The maximum absolute atomic E-state index is 13.3. The van der Waals surface area contributed by atoms with Gasteiger partial charge in [-0.2, -0.15) is 0 Å². The highest BCUT2D eigenvalue weighted by molar-refractivity contribution is 7.92. The lowest BCUT2D eigenvalue weighted by molar-refractivity contribution is 0.102. The van der Waals surface area contributed by atoms with Gasteiger partial charge in [0.05, 0.1) is 10.6 Å². The summed E-state index contributed by atoms with van der Waals surface area (Å²) in [5, 5.41) is 2.91. The molecule has 1 amide bonds. The lowest BCUT2D eigenvalue weighted by atomic mass is 10.1. The topological polar surface area (TPSA) is 66.5 Å². The van der Waals surface area contributed by atoms with Crippen molar-refractivity contribution in [1.29, 1.82) is 0 Å². The Morgan fingerprint density at radius 2 is 1.76 bits per heavy atom. The van der Waals surface area contributed by atoms with Crippen LogP contribution in [0.5, 0.6) is 0 Å². The first-order chi connectivity index (χ1) is 15.8. The molecule has 0 bridgehead atoms. The molecule has 0 spiro atoms. The van der Waals surface area contributed by atoms with E-state index in [9.17, 15) is 17.6 Å². The van der Waals surface area contributed by atoms with Gasteiger partial charge in [0, 0.05) is 17.3 Å². The predicted molar refractivity (Wildman–Crippen MR) is 129 cm³/mol. The molecule has 0 aliphatic carbocycles. The van der Waals surface area contributed by atoms with Crippen molar-refractivity contribution in [2.75, 3.05) is 9.62 Å². The number of benzene rings is 3. The van der Waals surface area contributed by atoms with Crippen LogP contribution in [-0.4, -0.2) is 20.4 Å². The number of sulfonamides is 1. The summed E-state index contributed by atoms with van der Waals surface area (Å²) >= 11 is 0. The molecule has 1 atom stereocenters. The first-order valence-electron chi connectivity index (χ1n) is 11.1. The molecule has 33 heavy (non-hydrogen) atoms. The van der Waals surface area contributed by atoms with E-state index < -0.39 is 15.8 Å². The van der Waals surface area contributed by atoms with Crippen molar-refractivity contribution in [3.05, 3.63) is 89.2 Å². The Morgan fingerprint density at radius 1 is 1.06 bits per heavy atom. The molecule has 4 rings (SSSR count). The molecule has 7 heteroatoms.